The fourth-order valence-electron chi connectivity index (χ4n) is 22.6. The average Bonchev–Trinajstić information content (AvgIpc) is 1.61. The maximum Gasteiger partial charge on any atom is 0.149 e. The summed E-state index contributed by atoms with van der Waals surface area (Å²) >= 11 is 1.83. The standard InChI is InChI=1S/C17H21F.C17H21NS.C17H22.C16H22FN.C16H19F.C16H20/c1-10-5-6-11(9-15(10)18)12-7-13-14(8-12)16(13)17(2,3)4;1-17(2,3)16-13-9-18(10-14(13)16)12-4-5-15-11(8-12)6-7-19-15;1-11-6-5-7-12(8-11)13-9-14-15(10-13)16(14)17(2,3)4;1-10-6-5-7-13(15(10)17)18-8-11-12(9-18)14(11)16(2,3)4;1-16(2,3)15-12-8-10(9-13(12)15)11-6-4-5-7-14(11)17;1-16(2,3)15-13-9-12(10-14(13)15)11-7-5-4-6-8-11/h5-7,9,13-14,16H,8H2,1-4H3;4-8,13-14,16H,9-10H2,1-3H3;5-9,14-16H,10H2,1-4H3;5-7,11-12,14H,8-9H2,1-4H3;4-8,12-13,15H,9H2,1-3H3;4-9,13-15H,10H2,1-3H3. The summed E-state index contributed by atoms with van der Waals surface area (Å²) in [4.78, 5) is 4.83. The van der Waals surface area contributed by atoms with Gasteiger partial charge in [-0.3, -0.25) is 0 Å². The van der Waals surface area contributed by atoms with Gasteiger partial charge in [-0.15, -0.1) is 11.3 Å². The lowest BCUT2D eigenvalue weighted by molar-refractivity contribution is 0.309. The Balaban J connectivity index is 0.000000106. The molecular formula is C99H125F3N2S. The van der Waals surface area contributed by atoms with Gasteiger partial charge in [0.05, 0.1) is 5.69 Å². The zero-order valence-electron chi connectivity index (χ0n) is 67.7. The Kier molecular flexibility index (Phi) is 20.1. The monoisotopic (exact) mass is 1430 g/mol. The first-order valence-corrected chi connectivity index (χ1v) is 41.4. The highest BCUT2D eigenvalue weighted by molar-refractivity contribution is 7.17. The lowest BCUT2D eigenvalue weighted by Crippen LogP contribution is -2.28. The van der Waals surface area contributed by atoms with Crippen LogP contribution in [0.3, 0.4) is 0 Å². The molecule has 0 N–H and O–H groups in total. The molecule has 0 bridgehead atoms. The van der Waals surface area contributed by atoms with Crippen molar-refractivity contribution in [2.24, 2.45) is 139 Å². The normalized spacial score (nSPS) is 30.7. The molecule has 6 aromatic carbocycles. The fraction of sp³-hybridized carbons (Fsp3) is 0.535. The molecule has 105 heavy (non-hydrogen) atoms. The Labute approximate surface area is 636 Å². The lowest BCUT2D eigenvalue weighted by atomic mass is 9.85. The van der Waals surface area contributed by atoms with E-state index in [-0.39, 0.29) is 17.5 Å². The number of thiophene rings is 1. The molecule has 1 aromatic heterocycles. The van der Waals surface area contributed by atoms with Crippen molar-refractivity contribution < 1.29 is 13.2 Å². The first kappa shape index (κ1) is 75.4. The zero-order chi connectivity index (χ0) is 75.1. The van der Waals surface area contributed by atoms with Crippen LogP contribution in [0.25, 0.3) is 32.4 Å². The van der Waals surface area contributed by atoms with E-state index in [2.05, 4.69) is 256 Å². The molecule has 16 atom stereocenters. The van der Waals surface area contributed by atoms with Crippen LogP contribution < -0.4 is 9.80 Å². The highest BCUT2D eigenvalue weighted by atomic mass is 32.1. The summed E-state index contributed by atoms with van der Waals surface area (Å²) < 4.78 is 42.7. The number of hydrogen-bond acceptors (Lipinski definition) is 3. The first-order valence-electron chi connectivity index (χ1n) is 40.5. The van der Waals surface area contributed by atoms with Gasteiger partial charge in [0.1, 0.15) is 17.5 Å². The van der Waals surface area contributed by atoms with Gasteiger partial charge in [-0.2, -0.15) is 0 Å². The van der Waals surface area contributed by atoms with E-state index in [1.807, 2.05) is 61.6 Å². The van der Waals surface area contributed by atoms with E-state index < -0.39 is 0 Å². The molecule has 8 fully saturated rings. The van der Waals surface area contributed by atoms with Gasteiger partial charge < -0.3 is 9.80 Å². The van der Waals surface area contributed by atoms with Crippen molar-refractivity contribution in [1.29, 1.82) is 0 Å². The highest BCUT2D eigenvalue weighted by Crippen LogP contribution is 2.68. The van der Waals surface area contributed by atoms with Crippen molar-refractivity contribution in [2.75, 3.05) is 36.0 Å². The Hall–Kier alpha value is -6.37. The highest BCUT2D eigenvalue weighted by Gasteiger charge is 2.63. The van der Waals surface area contributed by atoms with Crippen LogP contribution >= 0.6 is 11.3 Å². The number of hydrogen-bond donors (Lipinski definition) is 0. The molecule has 0 spiro atoms. The molecule has 16 unspecified atom stereocenters. The number of nitrogens with zero attached hydrogens (tertiary/aromatic N) is 2. The second-order valence-corrected chi connectivity index (χ2v) is 42.0. The molecule has 2 aliphatic heterocycles. The van der Waals surface area contributed by atoms with E-state index >= 15 is 0 Å². The third-order valence-electron chi connectivity index (χ3n) is 27.3. The van der Waals surface area contributed by atoms with Gasteiger partial charge in [0.15, 0.2) is 0 Å². The molecule has 6 saturated carbocycles. The minimum absolute atomic E-state index is 0.0360. The maximum atomic E-state index is 14.1. The van der Waals surface area contributed by atoms with Crippen LogP contribution in [0.5, 0.6) is 0 Å². The summed E-state index contributed by atoms with van der Waals surface area (Å²) in [6, 6.07) is 47.5. The fourth-order valence-corrected chi connectivity index (χ4v) is 23.3. The van der Waals surface area contributed by atoms with Crippen molar-refractivity contribution in [1.82, 2.24) is 0 Å². The molecule has 2 saturated heterocycles. The molecule has 6 heteroatoms. The number of fused-ring (bicyclic) bond motifs is 7. The smallest absolute Gasteiger partial charge is 0.149 e. The predicted octanol–water partition coefficient (Wildman–Crippen LogP) is 26.9. The van der Waals surface area contributed by atoms with Crippen molar-refractivity contribution in [3.05, 3.63) is 226 Å². The second-order valence-electron chi connectivity index (χ2n) is 41.1. The van der Waals surface area contributed by atoms with E-state index in [4.69, 9.17) is 0 Å². The SMILES string of the molecule is CC(C)(C)C1C2C=C(c3ccccc3)CC21.CC(C)(C)C1C2C=C(c3ccccc3F)CC21.CC(C)(C)C1C2CN(c3ccc4sccc4c3)CC21.Cc1ccc(C2=CC3C(C2)C3C(C)(C)C)cc1F.Cc1cccc(C2=CC3C(C2)C3C(C)(C)C)c1.Cc1cccc(N2CC3C(C2)C3C(C)(C)C)c1F. The number of anilines is 2. The zero-order valence-corrected chi connectivity index (χ0v) is 68.5. The number of halogens is 3. The molecule has 2 nitrogen and oxygen atoms in total. The molecule has 12 aliphatic rings. The van der Waals surface area contributed by atoms with Gasteiger partial charge in [-0.05, 0) is 289 Å². The Morgan fingerprint density at radius 1 is 0.343 bits per heavy atom. The van der Waals surface area contributed by atoms with E-state index in [1.165, 1.54) is 69.5 Å². The van der Waals surface area contributed by atoms with Gasteiger partial charge in [0.25, 0.3) is 0 Å². The number of aryl methyl sites for hydroxylation is 3. The van der Waals surface area contributed by atoms with Gasteiger partial charge in [-0.1, -0.05) is 252 Å². The topological polar surface area (TPSA) is 6.48 Å². The van der Waals surface area contributed by atoms with E-state index in [1.54, 1.807) is 29.3 Å². The van der Waals surface area contributed by atoms with Crippen LogP contribution in [0.15, 0.2) is 169 Å². The Morgan fingerprint density at radius 3 is 1.22 bits per heavy atom. The summed E-state index contributed by atoms with van der Waals surface area (Å²) in [6.45, 7) is 52.8. The minimum atomic E-state index is -0.0821. The first-order chi connectivity index (χ1) is 49.3. The number of piperidine rings is 2. The number of benzene rings is 6. The third kappa shape index (κ3) is 15.9. The van der Waals surface area contributed by atoms with Gasteiger partial charge in [0, 0.05) is 42.1 Å². The van der Waals surface area contributed by atoms with Gasteiger partial charge in [-0.25, -0.2) is 13.2 Å². The molecule has 19 rings (SSSR count). The third-order valence-corrected chi connectivity index (χ3v) is 28.2. The van der Waals surface area contributed by atoms with Crippen molar-refractivity contribution in [3.8, 4) is 0 Å². The minimum Gasteiger partial charge on any atom is -0.371 e. The van der Waals surface area contributed by atoms with Crippen LogP contribution in [0.2, 0.25) is 0 Å². The van der Waals surface area contributed by atoms with Crippen LogP contribution in [0.4, 0.5) is 24.5 Å². The molecule has 0 radical (unpaired) electrons. The van der Waals surface area contributed by atoms with E-state index in [9.17, 15) is 13.2 Å². The Bertz CT molecular complexity index is 4430. The van der Waals surface area contributed by atoms with Gasteiger partial charge in [0.2, 0.25) is 0 Å². The van der Waals surface area contributed by atoms with Crippen LogP contribution in [0, 0.1) is 177 Å². The summed E-state index contributed by atoms with van der Waals surface area (Å²) in [6.07, 6.45) is 14.6. The molecule has 7 aromatic rings. The van der Waals surface area contributed by atoms with Crippen LogP contribution in [0.1, 0.15) is 189 Å². The van der Waals surface area contributed by atoms with Crippen LogP contribution in [-0.4, -0.2) is 26.2 Å². The number of allylic oxidation sites excluding steroid dienone is 8. The molecular weight excluding hydrogens is 1310 g/mol. The summed E-state index contributed by atoms with van der Waals surface area (Å²) in [5, 5.41) is 3.58. The van der Waals surface area contributed by atoms with E-state index in [0.29, 0.717) is 38.4 Å². The lowest BCUT2D eigenvalue weighted by Gasteiger charge is -2.27. The summed E-state index contributed by atoms with van der Waals surface area (Å²) in [5.41, 5.74) is 18.3. The Morgan fingerprint density at radius 2 is 0.771 bits per heavy atom. The average molecular weight is 1430 g/mol. The van der Waals surface area contributed by atoms with Crippen LogP contribution in [-0.2, 0) is 0 Å². The number of rotatable bonds is 6. The summed E-state index contributed by atoms with van der Waals surface area (Å²) in [7, 11) is 0. The largest absolute Gasteiger partial charge is 0.371 e. The van der Waals surface area contributed by atoms with Crippen molar-refractivity contribution >= 4 is 55.1 Å². The van der Waals surface area contributed by atoms with Crippen molar-refractivity contribution in [3.63, 3.8) is 0 Å². The summed E-state index contributed by atoms with van der Waals surface area (Å²) in [5.74, 6) is 15.2. The predicted molar refractivity (Wildman–Crippen MR) is 442 cm³/mol. The van der Waals surface area contributed by atoms with Crippen molar-refractivity contribution in [2.45, 2.75) is 171 Å². The second kappa shape index (κ2) is 27.9. The molecule has 558 valence electrons. The maximum absolute atomic E-state index is 14.1. The molecule has 3 heterocycles. The van der Waals surface area contributed by atoms with Gasteiger partial charge >= 0.3 is 0 Å². The molecule has 10 aliphatic carbocycles. The quantitative estimate of drug-likeness (QED) is 0.164. The van der Waals surface area contributed by atoms with E-state index in [0.717, 1.165) is 154 Å². The molecule has 0 amide bonds.